The molecule has 0 atom stereocenters. The van der Waals surface area contributed by atoms with E-state index in [2.05, 4.69) is 9.97 Å². The van der Waals surface area contributed by atoms with Crippen molar-refractivity contribution in [3.05, 3.63) is 71.8 Å². The van der Waals surface area contributed by atoms with Crippen molar-refractivity contribution in [3.8, 4) is 11.5 Å². The molecule has 0 aliphatic carbocycles. The van der Waals surface area contributed by atoms with Gasteiger partial charge >= 0.3 is 11.3 Å². The van der Waals surface area contributed by atoms with Crippen LogP contribution >= 0.6 is 0 Å². The number of nitrogens with one attached hydrogen (secondary N) is 1. The molecule has 4 aromatic rings. The summed E-state index contributed by atoms with van der Waals surface area (Å²) in [5.41, 5.74) is -2.65. The van der Waals surface area contributed by atoms with Gasteiger partial charge in [0.05, 0.1) is 0 Å². The second-order valence-corrected chi connectivity index (χ2v) is 5.78. The quantitative estimate of drug-likeness (QED) is 0.485. The van der Waals surface area contributed by atoms with E-state index in [0.717, 1.165) is 9.13 Å². The molecule has 0 saturated carbocycles. The summed E-state index contributed by atoms with van der Waals surface area (Å²) >= 11 is 0. The number of hydrogen-bond acceptors (Lipinski definition) is 6. The lowest BCUT2D eigenvalue weighted by molar-refractivity contribution is 0.517. The molecule has 0 saturated heterocycles. The third-order valence-corrected chi connectivity index (χ3v) is 4.22. The van der Waals surface area contributed by atoms with Crippen molar-refractivity contribution < 1.29 is 4.42 Å². The molecule has 0 spiro atoms. The monoisotopic (exact) mass is 352 g/mol. The van der Waals surface area contributed by atoms with Crippen molar-refractivity contribution >= 4 is 22.1 Å². The first-order chi connectivity index (χ1) is 12.4. The van der Waals surface area contributed by atoms with Crippen LogP contribution in [0.3, 0.4) is 0 Å². The topological polar surface area (TPSA) is 120 Å². The molecule has 3 aromatic heterocycles. The third kappa shape index (κ3) is 2.07. The number of aromatic nitrogens is 4. The molecule has 0 radical (unpaired) electrons. The van der Waals surface area contributed by atoms with Crippen molar-refractivity contribution in [2.45, 2.75) is 0 Å². The van der Waals surface area contributed by atoms with Crippen LogP contribution in [0.15, 0.2) is 53.9 Å². The molecule has 0 aliphatic rings. The van der Waals surface area contributed by atoms with E-state index >= 15 is 0 Å². The van der Waals surface area contributed by atoms with Crippen LogP contribution in [0.2, 0.25) is 0 Å². The number of hydrogen-bond donors (Lipinski definition) is 1. The minimum Gasteiger partial charge on any atom is -0.403 e. The first-order valence-corrected chi connectivity index (χ1v) is 7.62. The Morgan fingerprint density at radius 1 is 0.962 bits per heavy atom. The number of pyridine rings is 1. The molecule has 9 nitrogen and oxygen atoms in total. The summed E-state index contributed by atoms with van der Waals surface area (Å²) in [6.45, 7) is 0. The third-order valence-electron chi connectivity index (χ3n) is 4.22. The second-order valence-electron chi connectivity index (χ2n) is 5.78. The van der Waals surface area contributed by atoms with Gasteiger partial charge in [0.25, 0.3) is 5.56 Å². The smallest absolute Gasteiger partial charge is 0.352 e. The van der Waals surface area contributed by atoms with Gasteiger partial charge in [0, 0.05) is 19.7 Å². The van der Waals surface area contributed by atoms with Crippen LogP contribution in [0.4, 0.5) is 0 Å². The summed E-state index contributed by atoms with van der Waals surface area (Å²) in [4.78, 5) is 56.5. The molecule has 0 aliphatic heterocycles. The molecule has 1 N–H and O–H groups in total. The summed E-state index contributed by atoms with van der Waals surface area (Å²) in [5, 5.41) is -0.670. The Kier molecular flexibility index (Phi) is 3.26. The van der Waals surface area contributed by atoms with Gasteiger partial charge in [0.1, 0.15) is 11.0 Å². The summed E-state index contributed by atoms with van der Waals surface area (Å²) < 4.78 is 7.09. The van der Waals surface area contributed by atoms with Gasteiger partial charge in [-0.3, -0.25) is 18.7 Å². The van der Waals surface area contributed by atoms with Crippen LogP contribution in [-0.2, 0) is 14.1 Å². The number of fused-ring (bicyclic) bond motifs is 2. The second kappa shape index (κ2) is 5.38. The molecule has 0 amide bonds. The van der Waals surface area contributed by atoms with Gasteiger partial charge in [-0.25, -0.2) is 9.59 Å². The number of benzene rings is 1. The zero-order valence-electron chi connectivity index (χ0n) is 13.8. The molecule has 0 fully saturated rings. The van der Waals surface area contributed by atoms with E-state index in [1.807, 2.05) is 0 Å². The van der Waals surface area contributed by atoms with Crippen molar-refractivity contribution in [1.82, 2.24) is 19.1 Å². The molecular formula is C17H12N4O5. The predicted molar refractivity (Wildman–Crippen MR) is 94.3 cm³/mol. The Hall–Kier alpha value is -3.75. The van der Waals surface area contributed by atoms with Crippen molar-refractivity contribution in [3.63, 3.8) is 0 Å². The average molecular weight is 352 g/mol. The maximum atomic E-state index is 12.7. The SMILES string of the molecule is Cn1c(=O)c2c(=O)c3c(=O)oc(-c4ccccc4)nc3[nH]c2n(C)c1=O. The molecule has 3 heterocycles. The maximum Gasteiger partial charge on any atom is 0.352 e. The Labute approximate surface area is 143 Å². The Balaban J connectivity index is 2.23. The number of aromatic amines is 1. The van der Waals surface area contributed by atoms with Crippen LogP contribution in [0.5, 0.6) is 0 Å². The first-order valence-electron chi connectivity index (χ1n) is 7.62. The number of aryl methyl sites for hydroxylation is 1. The van der Waals surface area contributed by atoms with Gasteiger partial charge in [-0.2, -0.15) is 4.98 Å². The zero-order valence-corrected chi connectivity index (χ0v) is 13.8. The summed E-state index contributed by atoms with van der Waals surface area (Å²) in [5.74, 6) is 0.0203. The molecule has 4 rings (SSSR count). The van der Waals surface area contributed by atoms with E-state index in [1.165, 1.54) is 14.1 Å². The fourth-order valence-electron chi connectivity index (χ4n) is 2.84. The summed E-state index contributed by atoms with van der Waals surface area (Å²) in [6.07, 6.45) is 0. The van der Waals surface area contributed by atoms with E-state index in [1.54, 1.807) is 30.3 Å². The molecule has 0 unspecified atom stereocenters. The van der Waals surface area contributed by atoms with Gasteiger partial charge < -0.3 is 9.40 Å². The highest BCUT2D eigenvalue weighted by atomic mass is 16.4. The minimum atomic E-state index is -0.909. The van der Waals surface area contributed by atoms with Crippen LogP contribution in [-0.4, -0.2) is 19.1 Å². The Morgan fingerprint density at radius 2 is 1.65 bits per heavy atom. The van der Waals surface area contributed by atoms with Crippen LogP contribution in [0.1, 0.15) is 0 Å². The lowest BCUT2D eigenvalue weighted by atomic mass is 10.2. The van der Waals surface area contributed by atoms with Gasteiger partial charge in [0.2, 0.25) is 11.3 Å². The average Bonchev–Trinajstić information content (AvgIpc) is 2.64. The molecule has 9 heteroatoms. The maximum absolute atomic E-state index is 12.7. The van der Waals surface area contributed by atoms with E-state index in [4.69, 9.17) is 4.42 Å². The molecule has 130 valence electrons. The number of H-pyrrole nitrogens is 1. The zero-order chi connectivity index (χ0) is 18.6. The molecule has 26 heavy (non-hydrogen) atoms. The largest absolute Gasteiger partial charge is 0.403 e. The fraction of sp³-hybridized carbons (Fsp3) is 0.118. The summed E-state index contributed by atoms with van der Waals surface area (Å²) in [7, 11) is 2.67. The minimum absolute atomic E-state index is 0.00675. The molecular weight excluding hydrogens is 340 g/mol. The van der Waals surface area contributed by atoms with Gasteiger partial charge in [-0.05, 0) is 12.1 Å². The highest BCUT2D eigenvalue weighted by molar-refractivity contribution is 5.88. The Bertz CT molecular complexity index is 1420. The van der Waals surface area contributed by atoms with Crippen molar-refractivity contribution in [2.75, 3.05) is 0 Å². The van der Waals surface area contributed by atoms with Crippen molar-refractivity contribution in [2.24, 2.45) is 14.1 Å². The Morgan fingerprint density at radius 3 is 2.35 bits per heavy atom. The normalized spacial score (nSPS) is 11.3. The molecule has 0 bridgehead atoms. The standard InChI is InChI=1S/C17H12N4O5/c1-20-13-10(15(23)21(2)17(20)25)11(22)9-12(18-13)19-14(26-16(9)24)8-6-4-3-5-7-8/h3-7H,1-2H3,(H,18,22). The molecule has 1 aromatic carbocycles. The van der Waals surface area contributed by atoms with Crippen LogP contribution in [0, 0.1) is 0 Å². The summed E-state index contributed by atoms with van der Waals surface area (Å²) in [6, 6.07) is 8.68. The lowest BCUT2D eigenvalue weighted by Crippen LogP contribution is -2.39. The lowest BCUT2D eigenvalue weighted by Gasteiger charge is -2.08. The van der Waals surface area contributed by atoms with Crippen molar-refractivity contribution in [1.29, 1.82) is 0 Å². The van der Waals surface area contributed by atoms with E-state index in [0.29, 0.717) is 5.56 Å². The van der Waals surface area contributed by atoms with E-state index in [-0.39, 0.29) is 28.0 Å². The predicted octanol–water partition coefficient (Wildman–Crippen LogP) is 0.0939. The highest BCUT2D eigenvalue weighted by Gasteiger charge is 2.19. The van der Waals surface area contributed by atoms with Gasteiger partial charge in [0.15, 0.2) is 11.0 Å². The number of nitrogens with zero attached hydrogens (tertiary/aromatic N) is 3. The van der Waals surface area contributed by atoms with Crippen LogP contribution in [0.25, 0.3) is 33.5 Å². The van der Waals surface area contributed by atoms with Gasteiger partial charge in [-0.1, -0.05) is 18.2 Å². The first kappa shape index (κ1) is 15.8. The van der Waals surface area contributed by atoms with Gasteiger partial charge in [-0.15, -0.1) is 0 Å². The van der Waals surface area contributed by atoms with Crippen LogP contribution < -0.4 is 22.3 Å². The van der Waals surface area contributed by atoms with E-state index < -0.39 is 22.3 Å². The highest BCUT2D eigenvalue weighted by Crippen LogP contribution is 2.16. The van der Waals surface area contributed by atoms with E-state index in [9.17, 15) is 19.2 Å². The fourth-order valence-corrected chi connectivity index (χ4v) is 2.84. The number of rotatable bonds is 1.